The monoisotopic (exact) mass is 308 g/mol. The van der Waals surface area contributed by atoms with Gasteiger partial charge < -0.3 is 4.74 Å². The minimum absolute atomic E-state index is 0.172. The van der Waals surface area contributed by atoms with Crippen molar-refractivity contribution in [3.05, 3.63) is 35.4 Å². The Morgan fingerprint density at radius 1 is 1.19 bits per heavy atom. The van der Waals surface area contributed by atoms with Gasteiger partial charge in [-0.3, -0.25) is 11.3 Å². The SMILES string of the molecule is CCc1ccc(CC(COCC(F)(F)C(F)F)NN)cc1. The van der Waals surface area contributed by atoms with Gasteiger partial charge in [0, 0.05) is 6.04 Å². The maximum Gasteiger partial charge on any atom is 0.330 e. The van der Waals surface area contributed by atoms with E-state index >= 15 is 0 Å². The standard InChI is InChI=1S/C14H20F4N2O/c1-2-10-3-5-11(6-4-10)7-12(20-19)8-21-9-14(17,18)13(15)16/h3-6,12-13,20H,2,7-9,19H2,1H3. The highest BCUT2D eigenvalue weighted by Crippen LogP contribution is 2.22. The molecule has 0 saturated heterocycles. The number of ether oxygens (including phenoxy) is 1. The van der Waals surface area contributed by atoms with E-state index in [0.29, 0.717) is 6.42 Å². The predicted octanol–water partition coefficient (Wildman–Crippen LogP) is 2.54. The molecule has 0 bridgehead atoms. The maximum atomic E-state index is 12.7. The largest absolute Gasteiger partial charge is 0.373 e. The van der Waals surface area contributed by atoms with E-state index in [0.717, 1.165) is 12.0 Å². The lowest BCUT2D eigenvalue weighted by Crippen LogP contribution is -2.42. The van der Waals surface area contributed by atoms with Crippen LogP contribution in [0.2, 0.25) is 0 Å². The van der Waals surface area contributed by atoms with Crippen molar-refractivity contribution in [2.75, 3.05) is 13.2 Å². The van der Waals surface area contributed by atoms with E-state index in [1.807, 2.05) is 31.2 Å². The van der Waals surface area contributed by atoms with Gasteiger partial charge in [0.05, 0.1) is 6.61 Å². The number of aryl methyl sites for hydroxylation is 1. The highest BCUT2D eigenvalue weighted by molar-refractivity contribution is 5.23. The molecule has 0 fully saturated rings. The minimum Gasteiger partial charge on any atom is -0.373 e. The number of halogens is 4. The molecular formula is C14H20F4N2O. The Morgan fingerprint density at radius 2 is 1.76 bits per heavy atom. The fraction of sp³-hybridized carbons (Fsp3) is 0.571. The van der Waals surface area contributed by atoms with Crippen LogP contribution >= 0.6 is 0 Å². The van der Waals surface area contributed by atoms with Gasteiger partial charge in [-0.1, -0.05) is 31.2 Å². The van der Waals surface area contributed by atoms with Crippen LogP contribution in [0.5, 0.6) is 0 Å². The zero-order chi connectivity index (χ0) is 15.9. The Bertz CT molecular complexity index is 412. The van der Waals surface area contributed by atoms with Gasteiger partial charge in [-0.15, -0.1) is 0 Å². The highest BCUT2D eigenvalue weighted by Gasteiger charge is 2.41. The van der Waals surface area contributed by atoms with Crippen LogP contribution < -0.4 is 11.3 Å². The summed E-state index contributed by atoms with van der Waals surface area (Å²) in [5.41, 5.74) is 4.58. The molecule has 0 amide bonds. The lowest BCUT2D eigenvalue weighted by atomic mass is 10.0. The summed E-state index contributed by atoms with van der Waals surface area (Å²) in [6.07, 6.45) is -2.35. The molecule has 21 heavy (non-hydrogen) atoms. The first kappa shape index (κ1) is 17.9. The van der Waals surface area contributed by atoms with Gasteiger partial charge in [0.25, 0.3) is 0 Å². The fourth-order valence-electron chi connectivity index (χ4n) is 1.76. The summed E-state index contributed by atoms with van der Waals surface area (Å²) >= 11 is 0. The van der Waals surface area contributed by atoms with E-state index in [-0.39, 0.29) is 6.61 Å². The third-order valence-corrected chi connectivity index (χ3v) is 3.08. The van der Waals surface area contributed by atoms with Crippen LogP contribution in [0.15, 0.2) is 24.3 Å². The van der Waals surface area contributed by atoms with E-state index in [4.69, 9.17) is 5.84 Å². The van der Waals surface area contributed by atoms with Gasteiger partial charge in [0.15, 0.2) is 0 Å². The summed E-state index contributed by atoms with van der Waals surface area (Å²) < 4.78 is 54.0. The first-order chi connectivity index (χ1) is 9.89. The van der Waals surface area contributed by atoms with E-state index in [1.54, 1.807) is 0 Å². The average molecular weight is 308 g/mol. The van der Waals surface area contributed by atoms with Crippen LogP contribution in [0.25, 0.3) is 0 Å². The van der Waals surface area contributed by atoms with Crippen molar-refractivity contribution >= 4 is 0 Å². The molecular weight excluding hydrogens is 288 g/mol. The smallest absolute Gasteiger partial charge is 0.330 e. The van der Waals surface area contributed by atoms with Gasteiger partial charge in [-0.2, -0.15) is 8.78 Å². The summed E-state index contributed by atoms with van der Waals surface area (Å²) in [5, 5.41) is 0. The molecule has 1 atom stereocenters. The number of nitrogens with two attached hydrogens (primary N) is 1. The number of hydrogen-bond donors (Lipinski definition) is 2. The Balaban J connectivity index is 2.44. The number of nitrogens with one attached hydrogen (secondary N) is 1. The molecule has 1 aromatic carbocycles. The van der Waals surface area contributed by atoms with Crippen LogP contribution in [0.3, 0.4) is 0 Å². The van der Waals surface area contributed by atoms with E-state index in [1.165, 1.54) is 5.56 Å². The third-order valence-electron chi connectivity index (χ3n) is 3.08. The predicted molar refractivity (Wildman–Crippen MR) is 72.4 cm³/mol. The van der Waals surface area contributed by atoms with Crippen molar-refractivity contribution in [1.82, 2.24) is 5.43 Å². The second-order valence-electron chi connectivity index (χ2n) is 4.81. The summed E-state index contributed by atoms with van der Waals surface area (Å²) in [6.45, 7) is 0.544. The van der Waals surface area contributed by atoms with Crippen molar-refractivity contribution < 1.29 is 22.3 Å². The van der Waals surface area contributed by atoms with Crippen molar-refractivity contribution in [3.63, 3.8) is 0 Å². The van der Waals surface area contributed by atoms with E-state index in [9.17, 15) is 17.6 Å². The average Bonchev–Trinajstić information content (AvgIpc) is 2.46. The van der Waals surface area contributed by atoms with E-state index < -0.39 is 25.0 Å². The number of hydrazine groups is 1. The highest BCUT2D eigenvalue weighted by atomic mass is 19.3. The number of alkyl halides is 4. The quantitative estimate of drug-likeness (QED) is 0.419. The van der Waals surface area contributed by atoms with Gasteiger partial charge >= 0.3 is 12.3 Å². The molecule has 1 unspecified atom stereocenters. The molecule has 0 aromatic heterocycles. The van der Waals surface area contributed by atoms with E-state index in [2.05, 4.69) is 10.2 Å². The molecule has 0 aliphatic rings. The van der Waals surface area contributed by atoms with Gasteiger partial charge in [0.1, 0.15) is 6.61 Å². The van der Waals surface area contributed by atoms with Gasteiger partial charge in [-0.05, 0) is 24.0 Å². The second-order valence-corrected chi connectivity index (χ2v) is 4.81. The molecule has 3 nitrogen and oxygen atoms in total. The third kappa shape index (κ3) is 5.99. The maximum absolute atomic E-state index is 12.7. The lowest BCUT2D eigenvalue weighted by Gasteiger charge is -2.19. The summed E-state index contributed by atoms with van der Waals surface area (Å²) in [6, 6.07) is 7.34. The van der Waals surface area contributed by atoms with Crippen LogP contribution in [0.4, 0.5) is 17.6 Å². The Hall–Kier alpha value is -1.18. The zero-order valence-corrected chi connectivity index (χ0v) is 11.8. The minimum atomic E-state index is -4.14. The Kier molecular flexibility index (Phi) is 7.07. The Labute approximate surface area is 121 Å². The van der Waals surface area contributed by atoms with Gasteiger partial charge in [-0.25, -0.2) is 8.78 Å². The molecule has 1 rings (SSSR count). The topological polar surface area (TPSA) is 47.3 Å². The number of benzene rings is 1. The van der Waals surface area contributed by atoms with Gasteiger partial charge in [0.2, 0.25) is 0 Å². The number of rotatable bonds is 9. The zero-order valence-electron chi connectivity index (χ0n) is 11.8. The summed E-state index contributed by atoms with van der Waals surface area (Å²) in [4.78, 5) is 0. The van der Waals surface area contributed by atoms with Crippen LogP contribution in [-0.2, 0) is 17.6 Å². The lowest BCUT2D eigenvalue weighted by molar-refractivity contribution is -0.167. The fourth-order valence-corrected chi connectivity index (χ4v) is 1.76. The van der Waals surface area contributed by atoms with Crippen LogP contribution in [0, 0.1) is 0 Å². The number of hydrogen-bond acceptors (Lipinski definition) is 3. The first-order valence-corrected chi connectivity index (χ1v) is 6.66. The molecule has 0 saturated carbocycles. The molecule has 120 valence electrons. The van der Waals surface area contributed by atoms with Crippen LogP contribution in [0.1, 0.15) is 18.1 Å². The molecule has 0 heterocycles. The molecule has 0 radical (unpaired) electrons. The summed E-state index contributed by atoms with van der Waals surface area (Å²) in [5.74, 6) is 1.18. The van der Waals surface area contributed by atoms with Crippen LogP contribution in [-0.4, -0.2) is 31.6 Å². The van der Waals surface area contributed by atoms with Crippen molar-refractivity contribution in [2.24, 2.45) is 5.84 Å². The normalized spacial score (nSPS) is 13.7. The van der Waals surface area contributed by atoms with Crippen molar-refractivity contribution in [3.8, 4) is 0 Å². The molecule has 0 spiro atoms. The molecule has 0 aliphatic heterocycles. The van der Waals surface area contributed by atoms with Crippen molar-refractivity contribution in [2.45, 2.75) is 38.2 Å². The second kappa shape index (κ2) is 8.31. The molecule has 1 aromatic rings. The molecule has 3 N–H and O–H groups in total. The summed E-state index contributed by atoms with van der Waals surface area (Å²) in [7, 11) is 0. The molecule has 7 heteroatoms. The molecule has 0 aliphatic carbocycles. The first-order valence-electron chi connectivity index (χ1n) is 6.66. The van der Waals surface area contributed by atoms with Crippen molar-refractivity contribution in [1.29, 1.82) is 0 Å². The Morgan fingerprint density at radius 3 is 2.24 bits per heavy atom.